The van der Waals surface area contributed by atoms with Gasteiger partial charge in [0.15, 0.2) is 0 Å². The third-order valence-corrected chi connectivity index (χ3v) is 7.89. The fourth-order valence-electron chi connectivity index (χ4n) is 5.37. The van der Waals surface area contributed by atoms with E-state index in [0.29, 0.717) is 6.04 Å². The van der Waals surface area contributed by atoms with Crippen LogP contribution in [0.5, 0.6) is 0 Å². The number of piperidine rings is 2. The Kier molecular flexibility index (Phi) is 6.11. The average Bonchev–Trinajstić information content (AvgIpc) is 3.19. The van der Waals surface area contributed by atoms with Crippen molar-refractivity contribution in [3.05, 3.63) is 64.6 Å². The van der Waals surface area contributed by atoms with Gasteiger partial charge < -0.3 is 14.8 Å². The molecule has 1 N–H and O–H groups in total. The summed E-state index contributed by atoms with van der Waals surface area (Å²) in [5, 5.41) is 0. The van der Waals surface area contributed by atoms with E-state index in [1.54, 1.807) is 11.8 Å². The summed E-state index contributed by atoms with van der Waals surface area (Å²) in [6.07, 6.45) is 6.03. The second-order valence-corrected chi connectivity index (χ2v) is 9.66. The van der Waals surface area contributed by atoms with Crippen molar-refractivity contribution in [3.63, 3.8) is 0 Å². The van der Waals surface area contributed by atoms with Gasteiger partial charge in [0.1, 0.15) is 0 Å². The van der Waals surface area contributed by atoms with E-state index in [1.165, 1.54) is 0 Å². The van der Waals surface area contributed by atoms with Crippen LogP contribution in [-0.2, 0) is 0 Å². The summed E-state index contributed by atoms with van der Waals surface area (Å²) in [6.45, 7) is 3.64. The number of aromatic nitrogens is 2. The maximum Gasteiger partial charge on any atom is 0.326 e. The van der Waals surface area contributed by atoms with Gasteiger partial charge in [0.25, 0.3) is 5.91 Å². The highest BCUT2D eigenvalue weighted by Crippen LogP contribution is 2.29. The van der Waals surface area contributed by atoms with Gasteiger partial charge in [-0.1, -0.05) is 24.3 Å². The molecular weight excluding hydrogens is 420 g/mol. The van der Waals surface area contributed by atoms with Crippen LogP contribution in [0, 0.1) is 0 Å². The Morgan fingerprint density at radius 1 is 0.906 bits per heavy atom. The molecule has 0 saturated carbocycles. The fraction of sp³-hybridized carbons (Fsp3) is 0.440. The lowest BCUT2D eigenvalue weighted by molar-refractivity contribution is 0.0555. The highest BCUT2D eigenvalue weighted by molar-refractivity contribution is 7.98. The van der Waals surface area contributed by atoms with Crippen LogP contribution in [0.25, 0.3) is 11.0 Å². The Balaban J connectivity index is 1.19. The van der Waals surface area contributed by atoms with E-state index >= 15 is 0 Å². The number of amides is 1. The summed E-state index contributed by atoms with van der Waals surface area (Å²) < 4.78 is 1.96. The molecule has 0 bridgehead atoms. The monoisotopic (exact) mass is 450 g/mol. The number of fused-ring (bicyclic) bond motifs is 1. The molecule has 3 aromatic rings. The Bertz CT molecular complexity index is 1150. The normalized spacial score (nSPS) is 19.0. The summed E-state index contributed by atoms with van der Waals surface area (Å²) in [6, 6.07) is 16.6. The number of rotatable bonds is 4. The minimum Gasteiger partial charge on any atom is -0.338 e. The first-order chi connectivity index (χ1) is 15.7. The second kappa shape index (κ2) is 9.16. The predicted octanol–water partition coefficient (Wildman–Crippen LogP) is 3.99. The van der Waals surface area contributed by atoms with Crippen LogP contribution < -0.4 is 5.69 Å². The van der Waals surface area contributed by atoms with E-state index in [4.69, 9.17) is 0 Å². The Labute approximate surface area is 192 Å². The van der Waals surface area contributed by atoms with Crippen molar-refractivity contribution in [3.8, 4) is 0 Å². The van der Waals surface area contributed by atoms with Crippen molar-refractivity contribution in [1.82, 2.24) is 19.4 Å². The lowest BCUT2D eigenvalue weighted by Crippen LogP contribution is -2.49. The highest BCUT2D eigenvalue weighted by atomic mass is 32.2. The highest BCUT2D eigenvalue weighted by Gasteiger charge is 2.31. The van der Waals surface area contributed by atoms with Gasteiger partial charge in [-0.25, -0.2) is 4.79 Å². The van der Waals surface area contributed by atoms with Crippen molar-refractivity contribution in [2.75, 3.05) is 32.4 Å². The van der Waals surface area contributed by atoms with Gasteiger partial charge in [-0.05, 0) is 56.2 Å². The van der Waals surface area contributed by atoms with Gasteiger partial charge in [0.2, 0.25) is 0 Å². The summed E-state index contributed by atoms with van der Waals surface area (Å²) in [4.78, 5) is 34.2. The standard InChI is InChI=1S/C25H30N4O2S/c1-32-23-9-5-2-6-20(23)24(30)28-16-10-18(11-17-28)27-14-12-19(13-15-27)29-22-8-4-3-7-21(22)26-25(29)31/h2-9,18-19H,10-17H2,1H3,(H,26,31). The minimum atomic E-state index is 0.00185. The maximum absolute atomic E-state index is 13.0. The molecule has 1 aromatic heterocycles. The molecule has 2 fully saturated rings. The first-order valence-electron chi connectivity index (χ1n) is 11.5. The molecule has 5 rings (SSSR count). The Hall–Kier alpha value is -2.51. The molecular formula is C25H30N4O2S. The number of nitrogens with one attached hydrogen (secondary N) is 1. The van der Waals surface area contributed by atoms with Gasteiger partial charge in [-0.2, -0.15) is 0 Å². The Morgan fingerprint density at radius 2 is 1.56 bits per heavy atom. The SMILES string of the molecule is CSc1ccccc1C(=O)N1CCC(N2CCC(n3c(=O)[nH]c4ccccc43)CC2)CC1. The summed E-state index contributed by atoms with van der Waals surface area (Å²) in [7, 11) is 0. The number of likely N-dealkylation sites (tertiary alicyclic amines) is 2. The number of imidazole rings is 1. The molecule has 0 atom stereocenters. The third-order valence-electron chi connectivity index (χ3n) is 7.09. The van der Waals surface area contributed by atoms with Crippen molar-refractivity contribution >= 4 is 28.7 Å². The number of benzene rings is 2. The summed E-state index contributed by atoms with van der Waals surface area (Å²) in [5.74, 6) is 0.158. The molecule has 1 amide bonds. The van der Waals surface area contributed by atoms with E-state index < -0.39 is 0 Å². The van der Waals surface area contributed by atoms with Crippen molar-refractivity contribution < 1.29 is 4.79 Å². The van der Waals surface area contributed by atoms with Gasteiger partial charge in [-0.15, -0.1) is 11.8 Å². The van der Waals surface area contributed by atoms with Crippen LogP contribution in [0.4, 0.5) is 0 Å². The van der Waals surface area contributed by atoms with E-state index in [1.807, 2.05) is 64.3 Å². The van der Waals surface area contributed by atoms with Gasteiger partial charge in [0.05, 0.1) is 16.6 Å². The second-order valence-electron chi connectivity index (χ2n) is 8.81. The quantitative estimate of drug-likeness (QED) is 0.611. The lowest BCUT2D eigenvalue weighted by atomic mass is 9.97. The summed E-state index contributed by atoms with van der Waals surface area (Å²) >= 11 is 1.63. The van der Waals surface area contributed by atoms with Crippen molar-refractivity contribution in [2.45, 2.75) is 42.7 Å². The average molecular weight is 451 g/mol. The van der Waals surface area contributed by atoms with E-state index in [2.05, 4.69) is 9.88 Å². The zero-order valence-corrected chi connectivity index (χ0v) is 19.3. The predicted molar refractivity (Wildman–Crippen MR) is 130 cm³/mol. The number of thioether (sulfide) groups is 1. The molecule has 0 spiro atoms. The number of aromatic amines is 1. The molecule has 0 unspecified atom stereocenters. The largest absolute Gasteiger partial charge is 0.338 e. The molecule has 168 valence electrons. The molecule has 0 aliphatic carbocycles. The number of carbonyl (C=O) groups excluding carboxylic acids is 1. The molecule has 7 heteroatoms. The van der Waals surface area contributed by atoms with E-state index in [0.717, 1.165) is 73.4 Å². The Morgan fingerprint density at radius 3 is 2.31 bits per heavy atom. The van der Waals surface area contributed by atoms with E-state index in [-0.39, 0.29) is 17.6 Å². The first-order valence-corrected chi connectivity index (χ1v) is 12.7. The number of hydrogen-bond donors (Lipinski definition) is 1. The number of nitrogens with zero attached hydrogens (tertiary/aromatic N) is 3. The van der Waals surface area contributed by atoms with Crippen LogP contribution in [0.15, 0.2) is 58.2 Å². The number of H-pyrrole nitrogens is 1. The zero-order chi connectivity index (χ0) is 22.1. The minimum absolute atomic E-state index is 0.00185. The van der Waals surface area contributed by atoms with Gasteiger partial charge >= 0.3 is 5.69 Å². The van der Waals surface area contributed by atoms with Gasteiger partial charge in [-0.3, -0.25) is 9.36 Å². The molecule has 2 aliphatic heterocycles. The molecule has 2 aliphatic rings. The fourth-order valence-corrected chi connectivity index (χ4v) is 5.96. The van der Waals surface area contributed by atoms with Crippen LogP contribution in [0.3, 0.4) is 0 Å². The zero-order valence-electron chi connectivity index (χ0n) is 18.5. The number of carbonyl (C=O) groups is 1. The molecule has 0 radical (unpaired) electrons. The smallest absolute Gasteiger partial charge is 0.326 e. The number of para-hydroxylation sites is 2. The van der Waals surface area contributed by atoms with Crippen molar-refractivity contribution in [2.24, 2.45) is 0 Å². The molecule has 6 nitrogen and oxygen atoms in total. The van der Waals surface area contributed by atoms with Crippen molar-refractivity contribution in [1.29, 1.82) is 0 Å². The maximum atomic E-state index is 13.0. The summed E-state index contributed by atoms with van der Waals surface area (Å²) in [5.41, 5.74) is 2.75. The molecule has 2 saturated heterocycles. The van der Waals surface area contributed by atoms with Crippen LogP contribution in [0.1, 0.15) is 42.1 Å². The van der Waals surface area contributed by atoms with Crippen LogP contribution >= 0.6 is 11.8 Å². The molecule has 32 heavy (non-hydrogen) atoms. The molecule has 2 aromatic carbocycles. The molecule has 3 heterocycles. The van der Waals surface area contributed by atoms with E-state index in [9.17, 15) is 9.59 Å². The van der Waals surface area contributed by atoms with Crippen LogP contribution in [0.2, 0.25) is 0 Å². The number of hydrogen-bond acceptors (Lipinski definition) is 4. The topological polar surface area (TPSA) is 61.3 Å². The van der Waals surface area contributed by atoms with Gasteiger partial charge in [0, 0.05) is 43.2 Å². The van der Waals surface area contributed by atoms with Crippen LogP contribution in [-0.4, -0.2) is 63.7 Å². The lowest BCUT2D eigenvalue weighted by Gasteiger charge is -2.42. The first kappa shape index (κ1) is 21.3. The third kappa shape index (κ3) is 3.99.